The fourth-order valence-electron chi connectivity index (χ4n) is 2.36. The number of hydrogen-bond donors (Lipinski definition) is 1. The van der Waals surface area contributed by atoms with Crippen LogP contribution in [0, 0.1) is 0 Å². The van der Waals surface area contributed by atoms with Gasteiger partial charge in [0.05, 0.1) is 0 Å². The summed E-state index contributed by atoms with van der Waals surface area (Å²) in [6.07, 6.45) is 1.04. The van der Waals surface area contributed by atoms with Gasteiger partial charge in [-0.3, -0.25) is 0 Å². The van der Waals surface area contributed by atoms with Gasteiger partial charge in [0.1, 0.15) is 0 Å². The first-order valence-electron chi connectivity index (χ1n) is 6.87. The van der Waals surface area contributed by atoms with E-state index in [2.05, 4.69) is 65.4 Å². The Hall–Kier alpha value is -0.830. The normalized spacial score (nSPS) is 14.0. The second kappa shape index (κ2) is 7.26. The van der Waals surface area contributed by atoms with E-state index in [1.807, 2.05) is 18.2 Å². The second-order valence-corrected chi connectivity index (χ2v) is 6.21. The van der Waals surface area contributed by atoms with Crippen molar-refractivity contribution in [2.45, 2.75) is 32.4 Å². The van der Waals surface area contributed by atoms with Gasteiger partial charge in [-0.1, -0.05) is 64.8 Å². The van der Waals surface area contributed by atoms with E-state index >= 15 is 0 Å². The van der Waals surface area contributed by atoms with Gasteiger partial charge in [-0.05, 0) is 42.7 Å². The van der Waals surface area contributed by atoms with Crippen LogP contribution in [0.15, 0.2) is 53.0 Å². The van der Waals surface area contributed by atoms with Crippen LogP contribution in [0.5, 0.6) is 0 Å². The highest BCUT2D eigenvalue weighted by molar-refractivity contribution is 9.10. The summed E-state index contributed by atoms with van der Waals surface area (Å²) in [7, 11) is 0. The molecule has 1 nitrogen and oxygen atoms in total. The van der Waals surface area contributed by atoms with Crippen LogP contribution >= 0.6 is 27.5 Å². The van der Waals surface area contributed by atoms with Crippen LogP contribution in [0.4, 0.5) is 0 Å². The molecule has 0 saturated carbocycles. The van der Waals surface area contributed by atoms with Crippen molar-refractivity contribution >= 4 is 27.5 Å². The van der Waals surface area contributed by atoms with E-state index in [0.717, 1.165) is 15.9 Å². The molecule has 0 aliphatic carbocycles. The molecule has 2 aromatic carbocycles. The first-order chi connectivity index (χ1) is 9.61. The van der Waals surface area contributed by atoms with E-state index < -0.39 is 0 Å². The monoisotopic (exact) mass is 351 g/mol. The largest absolute Gasteiger partial charge is 0.303 e. The van der Waals surface area contributed by atoms with Gasteiger partial charge in [0.25, 0.3) is 0 Å². The molecule has 1 unspecified atom stereocenters. The first kappa shape index (κ1) is 15.6. The van der Waals surface area contributed by atoms with Crippen molar-refractivity contribution in [2.24, 2.45) is 0 Å². The topological polar surface area (TPSA) is 12.0 Å². The van der Waals surface area contributed by atoms with E-state index in [1.54, 1.807) is 0 Å². The van der Waals surface area contributed by atoms with Gasteiger partial charge in [-0.15, -0.1) is 0 Å². The zero-order chi connectivity index (χ0) is 14.5. The van der Waals surface area contributed by atoms with Gasteiger partial charge >= 0.3 is 0 Å². The molecule has 20 heavy (non-hydrogen) atoms. The van der Waals surface area contributed by atoms with Gasteiger partial charge in [-0.25, -0.2) is 0 Å². The maximum Gasteiger partial charge on any atom is 0.0406 e. The van der Waals surface area contributed by atoms with E-state index in [0.29, 0.717) is 6.04 Å². The van der Waals surface area contributed by atoms with E-state index in [1.165, 1.54) is 11.1 Å². The molecule has 0 bridgehead atoms. The van der Waals surface area contributed by atoms with Crippen molar-refractivity contribution in [1.29, 1.82) is 0 Å². The Labute approximate surface area is 134 Å². The molecule has 0 amide bonds. The summed E-state index contributed by atoms with van der Waals surface area (Å²) in [5.41, 5.74) is 2.55. The van der Waals surface area contributed by atoms with Crippen molar-refractivity contribution in [3.63, 3.8) is 0 Å². The van der Waals surface area contributed by atoms with E-state index in [4.69, 9.17) is 11.6 Å². The molecule has 2 aromatic rings. The molecule has 106 valence electrons. The van der Waals surface area contributed by atoms with Crippen LogP contribution in [-0.2, 0) is 0 Å². The van der Waals surface area contributed by atoms with Crippen molar-refractivity contribution in [3.05, 3.63) is 69.2 Å². The molecule has 0 heterocycles. The van der Waals surface area contributed by atoms with Crippen LogP contribution in [0.3, 0.4) is 0 Å². The standard InChI is InChI=1S/C17H19BrClN/c1-3-17(13-8-10-14(19)11-9-13)20-12(2)15-6-4-5-7-16(15)18/h4-12,17,20H,3H2,1-2H3/t12-,17?/m0/s1. The summed E-state index contributed by atoms with van der Waals surface area (Å²) in [4.78, 5) is 0. The van der Waals surface area contributed by atoms with Gasteiger partial charge < -0.3 is 5.32 Å². The number of halogens is 2. The van der Waals surface area contributed by atoms with Crippen molar-refractivity contribution in [3.8, 4) is 0 Å². The molecule has 0 aromatic heterocycles. The molecule has 2 atom stereocenters. The van der Waals surface area contributed by atoms with Gasteiger partial charge in [0.2, 0.25) is 0 Å². The number of benzene rings is 2. The maximum atomic E-state index is 5.96. The third-order valence-electron chi connectivity index (χ3n) is 3.50. The first-order valence-corrected chi connectivity index (χ1v) is 8.05. The Morgan fingerprint density at radius 2 is 1.75 bits per heavy atom. The minimum atomic E-state index is 0.284. The quantitative estimate of drug-likeness (QED) is 0.706. The molecule has 0 radical (unpaired) electrons. The average Bonchev–Trinajstić information content (AvgIpc) is 2.46. The van der Waals surface area contributed by atoms with Crippen molar-refractivity contribution in [1.82, 2.24) is 5.32 Å². The fraction of sp³-hybridized carbons (Fsp3) is 0.294. The Morgan fingerprint density at radius 3 is 2.35 bits per heavy atom. The van der Waals surface area contributed by atoms with Gasteiger partial charge in [0, 0.05) is 21.6 Å². The molecular formula is C17H19BrClN. The van der Waals surface area contributed by atoms with Crippen LogP contribution in [0.2, 0.25) is 5.02 Å². The smallest absolute Gasteiger partial charge is 0.0406 e. The predicted octanol–water partition coefficient (Wildman–Crippen LogP) is 5.90. The highest BCUT2D eigenvalue weighted by Crippen LogP contribution is 2.27. The molecule has 3 heteroatoms. The zero-order valence-corrected chi connectivity index (χ0v) is 14.1. The highest BCUT2D eigenvalue weighted by atomic mass is 79.9. The summed E-state index contributed by atoms with van der Waals surface area (Å²) in [5.74, 6) is 0. The van der Waals surface area contributed by atoms with Crippen LogP contribution < -0.4 is 5.32 Å². The van der Waals surface area contributed by atoms with Crippen molar-refractivity contribution < 1.29 is 0 Å². The van der Waals surface area contributed by atoms with Crippen molar-refractivity contribution in [2.75, 3.05) is 0 Å². The molecule has 0 spiro atoms. The lowest BCUT2D eigenvalue weighted by atomic mass is 10.0. The Balaban J connectivity index is 2.14. The van der Waals surface area contributed by atoms with E-state index in [-0.39, 0.29) is 6.04 Å². The Kier molecular flexibility index (Phi) is 5.64. The summed E-state index contributed by atoms with van der Waals surface area (Å²) < 4.78 is 1.14. The molecule has 0 fully saturated rings. The van der Waals surface area contributed by atoms with Crippen LogP contribution in [0.25, 0.3) is 0 Å². The molecule has 2 rings (SSSR count). The third-order valence-corrected chi connectivity index (χ3v) is 4.48. The van der Waals surface area contributed by atoms with Gasteiger partial charge in [0.15, 0.2) is 0 Å². The fourth-order valence-corrected chi connectivity index (χ4v) is 3.12. The molecule has 0 aliphatic rings. The lowest BCUT2D eigenvalue weighted by Crippen LogP contribution is -2.24. The zero-order valence-electron chi connectivity index (χ0n) is 11.7. The van der Waals surface area contributed by atoms with Crippen LogP contribution in [-0.4, -0.2) is 0 Å². The molecule has 1 N–H and O–H groups in total. The lowest BCUT2D eigenvalue weighted by Gasteiger charge is -2.24. The lowest BCUT2D eigenvalue weighted by molar-refractivity contribution is 0.455. The van der Waals surface area contributed by atoms with Gasteiger partial charge in [-0.2, -0.15) is 0 Å². The third kappa shape index (κ3) is 3.85. The SMILES string of the molecule is CCC(N[C@@H](C)c1ccccc1Br)c1ccc(Cl)cc1. The summed E-state index contributed by atoms with van der Waals surface area (Å²) in [6, 6.07) is 17.0. The van der Waals surface area contributed by atoms with Crippen LogP contribution in [0.1, 0.15) is 43.5 Å². The predicted molar refractivity (Wildman–Crippen MR) is 90.2 cm³/mol. The Morgan fingerprint density at radius 1 is 1.10 bits per heavy atom. The summed E-state index contributed by atoms with van der Waals surface area (Å²) in [5, 5.41) is 4.47. The number of rotatable bonds is 5. The minimum absolute atomic E-state index is 0.284. The summed E-state index contributed by atoms with van der Waals surface area (Å²) in [6.45, 7) is 4.39. The molecule has 0 aliphatic heterocycles. The minimum Gasteiger partial charge on any atom is -0.303 e. The average molecular weight is 353 g/mol. The highest BCUT2D eigenvalue weighted by Gasteiger charge is 2.15. The maximum absolute atomic E-state index is 5.96. The number of hydrogen-bond acceptors (Lipinski definition) is 1. The second-order valence-electron chi connectivity index (χ2n) is 4.92. The summed E-state index contributed by atoms with van der Waals surface area (Å²) >= 11 is 9.57. The molecule has 0 saturated heterocycles. The molecular weight excluding hydrogens is 334 g/mol. The van der Waals surface area contributed by atoms with E-state index in [9.17, 15) is 0 Å². The number of nitrogens with one attached hydrogen (secondary N) is 1. The Bertz CT molecular complexity index is 553.